The van der Waals surface area contributed by atoms with Gasteiger partial charge in [-0.3, -0.25) is 4.79 Å². The normalized spacial score (nSPS) is 10.5. The van der Waals surface area contributed by atoms with Crippen molar-refractivity contribution >= 4 is 45.9 Å². The van der Waals surface area contributed by atoms with Crippen LogP contribution in [0.4, 0.5) is 5.69 Å². The predicted molar refractivity (Wildman–Crippen MR) is 109 cm³/mol. The molecule has 0 saturated carbocycles. The second-order valence-corrected chi connectivity index (χ2v) is 7.20. The van der Waals surface area contributed by atoms with Crippen LogP contribution in [-0.2, 0) is 4.79 Å². The number of rotatable bonds is 7. The molecule has 0 aliphatic heterocycles. The Balaban J connectivity index is 1.70. The maximum absolute atomic E-state index is 12.2. The highest BCUT2D eigenvalue weighted by Gasteiger charge is 2.15. The first-order chi connectivity index (χ1) is 12.7. The molecule has 3 rings (SSSR count). The number of hydrogen-bond acceptors (Lipinski definition) is 6. The zero-order valence-corrected chi connectivity index (χ0v) is 16.9. The number of halogens is 1. The van der Waals surface area contributed by atoms with Crippen LogP contribution < -0.4 is 10.1 Å². The number of hydrogen-bond donors (Lipinski definition) is 1. The van der Waals surface area contributed by atoms with Gasteiger partial charge in [-0.2, -0.15) is 4.68 Å². The van der Waals surface area contributed by atoms with E-state index in [1.807, 2.05) is 55.5 Å². The lowest BCUT2D eigenvalue weighted by Gasteiger charge is -2.10. The summed E-state index contributed by atoms with van der Waals surface area (Å²) in [4.78, 5) is 12.2. The Morgan fingerprint density at radius 3 is 2.81 bits per heavy atom. The van der Waals surface area contributed by atoms with Crippen molar-refractivity contribution in [2.24, 2.45) is 0 Å². The topological polar surface area (TPSA) is 81.9 Å². The summed E-state index contributed by atoms with van der Waals surface area (Å²) in [6.45, 7) is 2.46. The van der Waals surface area contributed by atoms with Crippen LogP contribution in [-0.4, -0.2) is 38.5 Å². The van der Waals surface area contributed by atoms with Crippen LogP contribution in [0, 0.1) is 3.57 Å². The minimum Gasteiger partial charge on any atom is -0.492 e. The molecule has 1 aromatic heterocycles. The van der Waals surface area contributed by atoms with Gasteiger partial charge in [0, 0.05) is 3.57 Å². The van der Waals surface area contributed by atoms with Crippen molar-refractivity contribution in [3.8, 4) is 11.4 Å². The number of benzene rings is 2. The third-order valence-electron chi connectivity index (χ3n) is 3.31. The van der Waals surface area contributed by atoms with Crippen LogP contribution in [0.15, 0.2) is 53.7 Å². The Kier molecular flexibility index (Phi) is 6.45. The van der Waals surface area contributed by atoms with Gasteiger partial charge >= 0.3 is 0 Å². The summed E-state index contributed by atoms with van der Waals surface area (Å²) in [5.41, 5.74) is 1.53. The minimum atomic E-state index is -0.119. The van der Waals surface area contributed by atoms with Crippen molar-refractivity contribution in [2.75, 3.05) is 17.7 Å². The number of anilines is 1. The van der Waals surface area contributed by atoms with Gasteiger partial charge in [-0.25, -0.2) is 0 Å². The van der Waals surface area contributed by atoms with E-state index in [2.05, 4.69) is 43.4 Å². The summed E-state index contributed by atoms with van der Waals surface area (Å²) < 4.78 is 8.19. The van der Waals surface area contributed by atoms with Gasteiger partial charge in [-0.05, 0) is 64.2 Å². The number of nitrogens with one attached hydrogen (secondary N) is 1. The van der Waals surface area contributed by atoms with Crippen LogP contribution >= 0.6 is 34.4 Å². The molecule has 9 heteroatoms. The Morgan fingerprint density at radius 1 is 1.23 bits per heavy atom. The average Bonchev–Trinajstić information content (AvgIpc) is 3.11. The number of nitrogens with zero attached hydrogens (tertiary/aromatic N) is 4. The number of para-hydroxylation sites is 3. The third kappa shape index (κ3) is 4.52. The fraction of sp³-hybridized carbons (Fsp3) is 0.176. The molecule has 1 N–H and O–H groups in total. The number of carbonyl (C=O) groups excluding carboxylic acids is 1. The second-order valence-electron chi connectivity index (χ2n) is 5.09. The lowest BCUT2D eigenvalue weighted by atomic mass is 10.3. The Morgan fingerprint density at radius 2 is 2.00 bits per heavy atom. The van der Waals surface area contributed by atoms with Crippen molar-refractivity contribution < 1.29 is 9.53 Å². The van der Waals surface area contributed by atoms with Gasteiger partial charge in [0.15, 0.2) is 0 Å². The second kappa shape index (κ2) is 8.99. The summed E-state index contributed by atoms with van der Waals surface area (Å²) >= 11 is 3.45. The first kappa shape index (κ1) is 18.6. The minimum absolute atomic E-state index is 0.119. The van der Waals surface area contributed by atoms with Gasteiger partial charge in [0.25, 0.3) is 0 Å². The van der Waals surface area contributed by atoms with E-state index in [0.29, 0.717) is 17.5 Å². The zero-order chi connectivity index (χ0) is 18.4. The van der Waals surface area contributed by atoms with Crippen molar-refractivity contribution in [1.82, 2.24) is 20.2 Å². The number of thioether (sulfide) groups is 1. The Hall–Kier alpha value is -2.14. The van der Waals surface area contributed by atoms with E-state index < -0.39 is 0 Å². The van der Waals surface area contributed by atoms with Gasteiger partial charge in [-0.15, -0.1) is 5.10 Å². The largest absolute Gasteiger partial charge is 0.492 e. The lowest BCUT2D eigenvalue weighted by Crippen LogP contribution is -2.15. The summed E-state index contributed by atoms with van der Waals surface area (Å²) in [5, 5.41) is 15.2. The highest BCUT2D eigenvalue weighted by molar-refractivity contribution is 14.1. The molecule has 0 spiro atoms. The molecule has 1 heterocycles. The van der Waals surface area contributed by atoms with Gasteiger partial charge in [-0.1, -0.05) is 36.0 Å². The summed E-state index contributed by atoms with van der Waals surface area (Å²) in [6.07, 6.45) is 0. The molecule has 0 unspecified atom stereocenters. The fourth-order valence-corrected chi connectivity index (χ4v) is 3.41. The number of carbonyl (C=O) groups is 1. The molecule has 0 saturated heterocycles. The molecular formula is C17H16IN5O2S. The van der Waals surface area contributed by atoms with Crippen LogP contribution in [0.1, 0.15) is 6.92 Å². The highest BCUT2D eigenvalue weighted by atomic mass is 127. The molecule has 0 fully saturated rings. The molecule has 3 aromatic rings. The maximum atomic E-state index is 12.2. The van der Waals surface area contributed by atoms with Crippen molar-refractivity contribution in [2.45, 2.75) is 12.1 Å². The van der Waals surface area contributed by atoms with Crippen LogP contribution in [0.2, 0.25) is 0 Å². The van der Waals surface area contributed by atoms with Gasteiger partial charge in [0.1, 0.15) is 11.4 Å². The molecule has 0 aliphatic carbocycles. The van der Waals surface area contributed by atoms with E-state index in [1.54, 1.807) is 4.68 Å². The molecule has 0 atom stereocenters. The molecule has 7 nitrogen and oxygen atoms in total. The molecule has 26 heavy (non-hydrogen) atoms. The van der Waals surface area contributed by atoms with E-state index in [1.165, 1.54) is 11.8 Å². The van der Waals surface area contributed by atoms with E-state index in [-0.39, 0.29) is 11.7 Å². The van der Waals surface area contributed by atoms with Crippen LogP contribution in [0.25, 0.3) is 5.69 Å². The molecule has 2 aromatic carbocycles. The standard InChI is InChI=1S/C17H16IN5O2S/c1-2-25-15-10-6-5-9-14(15)23-17(20-21-22-23)26-11-16(24)19-13-8-4-3-7-12(13)18/h3-10H,2,11H2,1H3,(H,19,24). The van der Waals surface area contributed by atoms with Crippen molar-refractivity contribution in [3.63, 3.8) is 0 Å². The first-order valence-corrected chi connectivity index (χ1v) is 9.93. The highest BCUT2D eigenvalue weighted by Crippen LogP contribution is 2.26. The van der Waals surface area contributed by atoms with Gasteiger partial charge < -0.3 is 10.1 Å². The average molecular weight is 481 g/mol. The van der Waals surface area contributed by atoms with E-state index >= 15 is 0 Å². The van der Waals surface area contributed by atoms with Crippen molar-refractivity contribution in [3.05, 3.63) is 52.1 Å². The van der Waals surface area contributed by atoms with Crippen molar-refractivity contribution in [1.29, 1.82) is 0 Å². The number of ether oxygens (including phenoxy) is 1. The van der Waals surface area contributed by atoms with E-state index in [0.717, 1.165) is 14.9 Å². The third-order valence-corrected chi connectivity index (χ3v) is 5.17. The fourth-order valence-electron chi connectivity index (χ4n) is 2.21. The van der Waals surface area contributed by atoms with Crippen LogP contribution in [0.5, 0.6) is 5.75 Å². The SMILES string of the molecule is CCOc1ccccc1-n1nnnc1SCC(=O)Nc1ccccc1I. The summed E-state index contributed by atoms with van der Waals surface area (Å²) in [7, 11) is 0. The lowest BCUT2D eigenvalue weighted by molar-refractivity contribution is -0.113. The molecule has 1 amide bonds. The first-order valence-electron chi connectivity index (χ1n) is 7.86. The smallest absolute Gasteiger partial charge is 0.234 e. The molecule has 0 aliphatic rings. The molecule has 0 radical (unpaired) electrons. The maximum Gasteiger partial charge on any atom is 0.234 e. The Bertz CT molecular complexity index is 902. The molecular weight excluding hydrogens is 465 g/mol. The van der Waals surface area contributed by atoms with Crippen LogP contribution in [0.3, 0.4) is 0 Å². The quantitative estimate of drug-likeness (QED) is 0.412. The predicted octanol–water partition coefficient (Wildman–Crippen LogP) is 3.40. The molecule has 134 valence electrons. The summed E-state index contributed by atoms with van der Waals surface area (Å²) in [6, 6.07) is 15.1. The molecule has 0 bridgehead atoms. The zero-order valence-electron chi connectivity index (χ0n) is 13.9. The van der Waals surface area contributed by atoms with E-state index in [4.69, 9.17) is 4.74 Å². The summed E-state index contributed by atoms with van der Waals surface area (Å²) in [5.74, 6) is 0.765. The van der Waals surface area contributed by atoms with Gasteiger partial charge in [0.05, 0.1) is 18.0 Å². The van der Waals surface area contributed by atoms with Gasteiger partial charge in [0.2, 0.25) is 11.1 Å². The van der Waals surface area contributed by atoms with E-state index in [9.17, 15) is 4.79 Å². The number of aromatic nitrogens is 4. The monoisotopic (exact) mass is 481 g/mol. The number of amides is 1. The Labute approximate surface area is 168 Å². The number of tetrazole rings is 1.